The maximum absolute atomic E-state index is 14.5. The number of rotatable bonds is 6. The number of nitrogens with zero attached hydrogens (tertiary/aromatic N) is 4. The van der Waals surface area contributed by atoms with E-state index in [4.69, 9.17) is 21.1 Å². The van der Waals surface area contributed by atoms with E-state index in [0.717, 1.165) is 25.9 Å². The Morgan fingerprint density at radius 3 is 2.67 bits per heavy atom. The van der Waals surface area contributed by atoms with Crippen molar-refractivity contribution < 1.29 is 13.9 Å². The molecule has 2 aliphatic rings. The monoisotopic (exact) mass is 394 g/mol. The fourth-order valence-electron chi connectivity index (χ4n) is 4.07. The molecule has 4 heterocycles. The van der Waals surface area contributed by atoms with Crippen LogP contribution in [0.1, 0.15) is 39.5 Å². The first-order chi connectivity index (χ1) is 13.0. The highest BCUT2D eigenvalue weighted by atomic mass is 35.5. The van der Waals surface area contributed by atoms with E-state index >= 15 is 0 Å². The highest BCUT2D eigenvalue weighted by molar-refractivity contribution is 6.30. The Kier molecular flexibility index (Phi) is 5.07. The van der Waals surface area contributed by atoms with Crippen LogP contribution in [0.4, 0.5) is 4.39 Å². The Bertz CT molecular complexity index is 838. The molecule has 2 aromatic rings. The van der Waals surface area contributed by atoms with Crippen molar-refractivity contribution in [2.45, 2.75) is 45.1 Å². The fraction of sp³-hybridized carbons (Fsp3) is 0.632. The number of pyridine rings is 1. The number of halogens is 2. The van der Waals surface area contributed by atoms with E-state index in [0.29, 0.717) is 24.5 Å². The molecule has 2 fully saturated rings. The molecule has 2 aromatic heterocycles. The Morgan fingerprint density at radius 2 is 1.96 bits per heavy atom. The minimum atomic E-state index is -0.683. The highest BCUT2D eigenvalue weighted by Crippen LogP contribution is 2.39. The molecule has 6 nitrogen and oxygen atoms in total. The van der Waals surface area contributed by atoms with Gasteiger partial charge in [-0.3, -0.25) is 4.90 Å². The maximum atomic E-state index is 14.5. The molecule has 0 aromatic carbocycles. The SMILES string of the molecule is CC(C)COc1nc(OCC23CCCN2CCC3)nc2c(F)c(Cl)ncc12. The van der Waals surface area contributed by atoms with Crippen molar-refractivity contribution in [1.29, 1.82) is 0 Å². The lowest BCUT2D eigenvalue weighted by Gasteiger charge is -2.31. The largest absolute Gasteiger partial charge is 0.477 e. The molecule has 0 bridgehead atoms. The van der Waals surface area contributed by atoms with E-state index < -0.39 is 5.82 Å². The van der Waals surface area contributed by atoms with Gasteiger partial charge in [-0.25, -0.2) is 9.37 Å². The Morgan fingerprint density at radius 1 is 1.22 bits per heavy atom. The van der Waals surface area contributed by atoms with Gasteiger partial charge in [0, 0.05) is 6.20 Å². The first-order valence-electron chi connectivity index (χ1n) is 9.51. The molecule has 0 saturated carbocycles. The van der Waals surface area contributed by atoms with Crippen molar-refractivity contribution in [2.24, 2.45) is 5.92 Å². The molecular formula is C19H24ClFN4O2. The first kappa shape index (κ1) is 18.6. The van der Waals surface area contributed by atoms with E-state index in [1.165, 1.54) is 19.0 Å². The summed E-state index contributed by atoms with van der Waals surface area (Å²) < 4.78 is 26.3. The Labute approximate surface area is 163 Å². The van der Waals surface area contributed by atoms with Gasteiger partial charge in [0.15, 0.2) is 11.0 Å². The maximum Gasteiger partial charge on any atom is 0.320 e. The van der Waals surface area contributed by atoms with Gasteiger partial charge in [-0.1, -0.05) is 25.4 Å². The smallest absolute Gasteiger partial charge is 0.320 e. The van der Waals surface area contributed by atoms with Gasteiger partial charge in [0.25, 0.3) is 0 Å². The Hall–Kier alpha value is -1.73. The van der Waals surface area contributed by atoms with Gasteiger partial charge in [-0.05, 0) is 44.7 Å². The van der Waals surface area contributed by atoms with Crippen LogP contribution < -0.4 is 9.47 Å². The lowest BCUT2D eigenvalue weighted by molar-refractivity contribution is 0.107. The second-order valence-corrected chi connectivity index (χ2v) is 8.21. The van der Waals surface area contributed by atoms with Gasteiger partial charge in [0.2, 0.25) is 5.88 Å². The van der Waals surface area contributed by atoms with E-state index in [1.54, 1.807) is 0 Å². The molecule has 2 saturated heterocycles. The third kappa shape index (κ3) is 3.55. The van der Waals surface area contributed by atoms with Crippen LogP contribution in [-0.4, -0.2) is 51.7 Å². The van der Waals surface area contributed by atoms with Gasteiger partial charge >= 0.3 is 6.01 Å². The quantitative estimate of drug-likeness (QED) is 0.693. The van der Waals surface area contributed by atoms with E-state index in [-0.39, 0.29) is 28.1 Å². The summed E-state index contributed by atoms with van der Waals surface area (Å²) in [4.78, 5) is 15.0. The molecular weight excluding hydrogens is 371 g/mol. The van der Waals surface area contributed by atoms with Gasteiger partial charge in [-0.15, -0.1) is 0 Å². The van der Waals surface area contributed by atoms with E-state index in [2.05, 4.69) is 19.9 Å². The summed E-state index contributed by atoms with van der Waals surface area (Å²) in [6, 6.07) is 0.121. The first-order valence-corrected chi connectivity index (χ1v) is 9.89. The normalized spacial score (nSPS) is 19.0. The molecule has 0 atom stereocenters. The zero-order chi connectivity index (χ0) is 19.0. The second kappa shape index (κ2) is 7.36. The van der Waals surface area contributed by atoms with Crippen LogP contribution in [0.25, 0.3) is 10.9 Å². The topological polar surface area (TPSA) is 60.4 Å². The third-order valence-corrected chi connectivity index (χ3v) is 5.68. The predicted molar refractivity (Wildman–Crippen MR) is 101 cm³/mol. The molecule has 2 aliphatic heterocycles. The Balaban J connectivity index is 1.64. The number of hydrogen-bond donors (Lipinski definition) is 0. The van der Waals surface area contributed by atoms with Crippen molar-refractivity contribution >= 4 is 22.5 Å². The summed E-state index contributed by atoms with van der Waals surface area (Å²) in [6.45, 7) is 7.24. The van der Waals surface area contributed by atoms with Crippen LogP contribution in [0.2, 0.25) is 5.15 Å². The highest BCUT2D eigenvalue weighted by Gasteiger charge is 2.45. The summed E-state index contributed by atoms with van der Waals surface area (Å²) in [5, 5.41) is 0.171. The predicted octanol–water partition coefficient (Wildman–Crippen LogP) is 3.86. The van der Waals surface area contributed by atoms with Crippen molar-refractivity contribution in [3.05, 3.63) is 17.2 Å². The average molecular weight is 395 g/mol. The molecule has 0 spiro atoms. The fourth-order valence-corrected chi connectivity index (χ4v) is 4.21. The van der Waals surface area contributed by atoms with Crippen LogP contribution in [0.3, 0.4) is 0 Å². The minimum Gasteiger partial charge on any atom is -0.477 e. The standard InChI is InChI=1S/C19H24ClFN4O2/c1-12(2)10-26-17-13-9-22-16(20)14(21)15(13)23-18(24-17)27-11-19-5-3-7-25(19)8-4-6-19/h9,12H,3-8,10-11H2,1-2H3. The molecule has 8 heteroatoms. The molecule has 0 radical (unpaired) electrons. The molecule has 0 N–H and O–H groups in total. The van der Waals surface area contributed by atoms with Crippen LogP contribution in [0.15, 0.2) is 6.20 Å². The van der Waals surface area contributed by atoms with Crippen molar-refractivity contribution in [3.8, 4) is 11.9 Å². The number of aromatic nitrogens is 3. The van der Waals surface area contributed by atoms with Gasteiger partial charge in [-0.2, -0.15) is 9.97 Å². The van der Waals surface area contributed by atoms with Gasteiger partial charge in [0.05, 0.1) is 17.5 Å². The molecule has 146 valence electrons. The van der Waals surface area contributed by atoms with Crippen molar-refractivity contribution in [3.63, 3.8) is 0 Å². The summed E-state index contributed by atoms with van der Waals surface area (Å²) in [6.07, 6.45) is 6.03. The average Bonchev–Trinajstić information content (AvgIpc) is 3.21. The van der Waals surface area contributed by atoms with Crippen LogP contribution >= 0.6 is 11.6 Å². The van der Waals surface area contributed by atoms with E-state index in [1.807, 2.05) is 13.8 Å². The number of fused-ring (bicyclic) bond motifs is 2. The van der Waals surface area contributed by atoms with Crippen molar-refractivity contribution in [2.75, 3.05) is 26.3 Å². The van der Waals surface area contributed by atoms with Crippen molar-refractivity contribution in [1.82, 2.24) is 19.9 Å². The summed E-state index contributed by atoms with van der Waals surface area (Å²) in [5.41, 5.74) is 0.136. The zero-order valence-electron chi connectivity index (χ0n) is 15.7. The molecule has 0 unspecified atom stereocenters. The van der Waals surface area contributed by atoms with E-state index in [9.17, 15) is 4.39 Å². The second-order valence-electron chi connectivity index (χ2n) is 7.85. The van der Waals surface area contributed by atoms with Crippen LogP contribution in [-0.2, 0) is 0 Å². The molecule has 4 rings (SSSR count). The van der Waals surface area contributed by atoms with Crippen LogP contribution in [0, 0.1) is 11.7 Å². The van der Waals surface area contributed by atoms with Gasteiger partial charge < -0.3 is 9.47 Å². The lowest BCUT2D eigenvalue weighted by atomic mass is 9.95. The summed E-state index contributed by atoms with van der Waals surface area (Å²) in [5.74, 6) is -0.106. The summed E-state index contributed by atoms with van der Waals surface area (Å²) in [7, 11) is 0. The molecule has 0 amide bonds. The zero-order valence-corrected chi connectivity index (χ0v) is 16.4. The minimum absolute atomic E-state index is 0.0612. The van der Waals surface area contributed by atoms with Crippen LogP contribution in [0.5, 0.6) is 11.9 Å². The third-order valence-electron chi connectivity index (χ3n) is 5.42. The molecule has 0 aliphatic carbocycles. The molecule has 27 heavy (non-hydrogen) atoms. The summed E-state index contributed by atoms with van der Waals surface area (Å²) >= 11 is 5.84. The number of ether oxygens (including phenoxy) is 2. The van der Waals surface area contributed by atoms with Gasteiger partial charge in [0.1, 0.15) is 12.1 Å². The number of hydrogen-bond acceptors (Lipinski definition) is 6. The lowest BCUT2D eigenvalue weighted by Crippen LogP contribution is -2.43.